The van der Waals surface area contributed by atoms with E-state index in [0.29, 0.717) is 24.4 Å². The van der Waals surface area contributed by atoms with Crippen LogP contribution in [0.1, 0.15) is 49.9 Å². The molecule has 1 N–H and O–H groups in total. The molecule has 0 spiro atoms. The molecule has 2 aromatic rings. The van der Waals surface area contributed by atoms with Gasteiger partial charge in [0, 0.05) is 31.6 Å². The Morgan fingerprint density at radius 2 is 1.87 bits per heavy atom. The minimum atomic E-state index is -0.301. The van der Waals surface area contributed by atoms with Gasteiger partial charge in [0.15, 0.2) is 0 Å². The number of ether oxygens (including phenoxy) is 2. The minimum Gasteiger partial charge on any atom is -0.372 e. The first-order chi connectivity index (χ1) is 14.9. The van der Waals surface area contributed by atoms with Crippen molar-refractivity contribution in [2.45, 2.75) is 65.0 Å². The van der Waals surface area contributed by atoms with Crippen molar-refractivity contribution >= 4 is 11.6 Å². The van der Waals surface area contributed by atoms with Crippen LogP contribution < -0.4 is 10.2 Å². The van der Waals surface area contributed by atoms with E-state index in [4.69, 9.17) is 14.5 Å². The fraction of sp³-hybridized carbons (Fsp3) is 0.520. The monoisotopic (exact) mass is 420 g/mol. The molecule has 0 bridgehead atoms. The molecule has 0 saturated carbocycles. The van der Waals surface area contributed by atoms with Crippen LogP contribution in [0.25, 0.3) is 0 Å². The van der Waals surface area contributed by atoms with Crippen LogP contribution >= 0.6 is 0 Å². The molecule has 6 heteroatoms. The van der Waals surface area contributed by atoms with E-state index in [1.54, 1.807) is 0 Å². The Bertz CT molecular complexity index is 958. The summed E-state index contributed by atoms with van der Waals surface area (Å²) in [4.78, 5) is 7.28. The highest BCUT2D eigenvalue weighted by Gasteiger charge is 2.34. The van der Waals surface area contributed by atoms with Crippen LogP contribution in [0.3, 0.4) is 0 Å². The number of nitrogens with zero attached hydrogens (tertiary/aromatic N) is 3. The number of aromatic nitrogens is 1. The van der Waals surface area contributed by atoms with E-state index >= 15 is 0 Å². The number of hydrogen-bond donors (Lipinski definition) is 1. The van der Waals surface area contributed by atoms with Gasteiger partial charge in [-0.05, 0) is 45.2 Å². The highest BCUT2D eigenvalue weighted by atomic mass is 16.5. The van der Waals surface area contributed by atoms with Crippen LogP contribution in [0.5, 0.6) is 0 Å². The molecule has 2 aliphatic rings. The normalized spacial score (nSPS) is 22.5. The number of pyridine rings is 1. The highest BCUT2D eigenvalue weighted by molar-refractivity contribution is 5.67. The third-order valence-corrected chi connectivity index (χ3v) is 5.98. The maximum Gasteiger partial charge on any atom is 0.146 e. The first kappa shape index (κ1) is 21.6. The standard InChI is InChI=1S/C25H32N4O2/c1-17-14-29(15-18(2)31-17)24-22-16-30-25(3,4)12-20(22)21(13-26)23(28-24)27-11-10-19-8-6-5-7-9-19/h5-9,17-18H,10-12,14-16H2,1-4H3,(H,27,28). The summed E-state index contributed by atoms with van der Waals surface area (Å²) in [6.07, 6.45) is 1.84. The molecule has 6 nitrogen and oxygen atoms in total. The maximum absolute atomic E-state index is 10.0. The van der Waals surface area contributed by atoms with Crippen molar-refractivity contribution in [2.24, 2.45) is 0 Å². The van der Waals surface area contributed by atoms with E-state index in [2.05, 4.69) is 56.1 Å². The van der Waals surface area contributed by atoms with E-state index in [-0.39, 0.29) is 17.8 Å². The van der Waals surface area contributed by atoms with Gasteiger partial charge in [-0.25, -0.2) is 4.98 Å². The van der Waals surface area contributed by atoms with E-state index in [1.165, 1.54) is 5.56 Å². The van der Waals surface area contributed by atoms with Crippen LogP contribution in [0.15, 0.2) is 30.3 Å². The predicted molar refractivity (Wildman–Crippen MR) is 122 cm³/mol. The molecule has 0 radical (unpaired) electrons. The zero-order valence-electron chi connectivity index (χ0n) is 18.9. The van der Waals surface area contributed by atoms with Gasteiger partial charge in [0.1, 0.15) is 17.7 Å². The first-order valence-electron chi connectivity index (χ1n) is 11.1. The largest absolute Gasteiger partial charge is 0.372 e. The number of rotatable bonds is 5. The Labute approximate surface area is 185 Å². The second kappa shape index (κ2) is 8.86. The lowest BCUT2D eigenvalue weighted by molar-refractivity contribution is -0.0405. The topological polar surface area (TPSA) is 70.4 Å². The first-order valence-corrected chi connectivity index (χ1v) is 11.1. The molecule has 164 valence electrons. The van der Waals surface area contributed by atoms with Crippen molar-refractivity contribution in [3.8, 4) is 6.07 Å². The number of nitrogens with one attached hydrogen (secondary N) is 1. The van der Waals surface area contributed by atoms with Gasteiger partial charge in [0.2, 0.25) is 0 Å². The molecule has 0 amide bonds. The van der Waals surface area contributed by atoms with Crippen LogP contribution in [0.4, 0.5) is 11.6 Å². The van der Waals surface area contributed by atoms with E-state index in [9.17, 15) is 5.26 Å². The smallest absolute Gasteiger partial charge is 0.146 e. The Kier molecular flexibility index (Phi) is 6.17. The molecule has 1 saturated heterocycles. The van der Waals surface area contributed by atoms with Gasteiger partial charge >= 0.3 is 0 Å². The third kappa shape index (κ3) is 4.84. The molecule has 4 rings (SSSR count). The summed E-state index contributed by atoms with van der Waals surface area (Å²) < 4.78 is 12.1. The lowest BCUT2D eigenvalue weighted by Crippen LogP contribution is -2.47. The van der Waals surface area contributed by atoms with Crippen molar-refractivity contribution < 1.29 is 9.47 Å². The molecule has 2 atom stereocenters. The minimum absolute atomic E-state index is 0.132. The average Bonchev–Trinajstić information content (AvgIpc) is 2.72. The van der Waals surface area contributed by atoms with E-state index in [1.807, 2.05) is 18.2 Å². The summed E-state index contributed by atoms with van der Waals surface area (Å²) in [5.41, 5.74) is 3.72. The van der Waals surface area contributed by atoms with Gasteiger partial charge in [0.05, 0.1) is 30.0 Å². The molecule has 1 aromatic heterocycles. The lowest BCUT2D eigenvalue weighted by atomic mass is 9.88. The highest BCUT2D eigenvalue weighted by Crippen LogP contribution is 2.38. The molecular weight excluding hydrogens is 388 g/mol. The molecule has 2 unspecified atom stereocenters. The summed E-state index contributed by atoms with van der Waals surface area (Å²) in [7, 11) is 0. The van der Waals surface area contributed by atoms with Crippen molar-refractivity contribution in [2.75, 3.05) is 29.9 Å². The second-order valence-electron chi connectivity index (χ2n) is 9.28. The van der Waals surface area contributed by atoms with Crippen molar-refractivity contribution in [3.05, 3.63) is 52.6 Å². The van der Waals surface area contributed by atoms with Crippen molar-refractivity contribution in [1.29, 1.82) is 5.26 Å². The van der Waals surface area contributed by atoms with Crippen LogP contribution in [0.2, 0.25) is 0 Å². The number of morpholine rings is 1. The van der Waals surface area contributed by atoms with Crippen LogP contribution in [-0.4, -0.2) is 42.4 Å². The van der Waals surface area contributed by atoms with Crippen molar-refractivity contribution in [3.63, 3.8) is 0 Å². The summed E-state index contributed by atoms with van der Waals surface area (Å²) in [5, 5.41) is 13.5. The molecule has 1 fully saturated rings. The molecule has 0 aliphatic carbocycles. The third-order valence-electron chi connectivity index (χ3n) is 5.98. The van der Waals surface area contributed by atoms with Crippen LogP contribution in [-0.2, 0) is 28.9 Å². The van der Waals surface area contributed by atoms with Gasteiger partial charge in [-0.15, -0.1) is 0 Å². The van der Waals surface area contributed by atoms with Crippen LogP contribution in [0, 0.1) is 11.3 Å². The lowest BCUT2D eigenvalue weighted by Gasteiger charge is -2.40. The fourth-order valence-corrected chi connectivity index (χ4v) is 4.58. The Balaban J connectivity index is 1.69. The molecule has 3 heterocycles. The predicted octanol–water partition coefficient (Wildman–Crippen LogP) is 4.07. The average molecular weight is 421 g/mol. The van der Waals surface area contributed by atoms with Gasteiger partial charge in [0.25, 0.3) is 0 Å². The molecule has 31 heavy (non-hydrogen) atoms. The Hall–Kier alpha value is -2.62. The van der Waals surface area contributed by atoms with Gasteiger partial charge < -0.3 is 19.7 Å². The molecular formula is C25H32N4O2. The maximum atomic E-state index is 10.0. The second-order valence-corrected chi connectivity index (χ2v) is 9.28. The van der Waals surface area contributed by atoms with Gasteiger partial charge in [-0.1, -0.05) is 30.3 Å². The van der Waals surface area contributed by atoms with E-state index < -0.39 is 0 Å². The fourth-order valence-electron chi connectivity index (χ4n) is 4.58. The summed E-state index contributed by atoms with van der Waals surface area (Å²) in [5.74, 6) is 1.60. The Morgan fingerprint density at radius 3 is 2.55 bits per heavy atom. The summed E-state index contributed by atoms with van der Waals surface area (Å²) in [6.45, 7) is 11.1. The zero-order chi connectivity index (χ0) is 22.0. The number of benzene rings is 1. The van der Waals surface area contributed by atoms with Crippen molar-refractivity contribution in [1.82, 2.24) is 4.98 Å². The number of nitriles is 1. The number of hydrogen-bond acceptors (Lipinski definition) is 6. The van der Waals surface area contributed by atoms with Gasteiger partial charge in [-0.3, -0.25) is 0 Å². The molecule has 2 aliphatic heterocycles. The summed E-state index contributed by atoms with van der Waals surface area (Å²) in [6, 6.07) is 12.8. The Morgan fingerprint density at radius 1 is 1.16 bits per heavy atom. The van der Waals surface area contributed by atoms with E-state index in [0.717, 1.165) is 43.0 Å². The van der Waals surface area contributed by atoms with Gasteiger partial charge in [-0.2, -0.15) is 5.26 Å². The quantitative estimate of drug-likeness (QED) is 0.786. The zero-order valence-corrected chi connectivity index (χ0v) is 18.9. The number of fused-ring (bicyclic) bond motifs is 1. The molecule has 1 aromatic carbocycles. The number of anilines is 2. The summed E-state index contributed by atoms with van der Waals surface area (Å²) >= 11 is 0. The SMILES string of the molecule is CC1CN(c2nc(NCCc3ccccc3)c(C#N)c3c2COC(C)(C)C3)CC(C)O1.